The summed E-state index contributed by atoms with van der Waals surface area (Å²) in [4.78, 5) is 18.7. The summed E-state index contributed by atoms with van der Waals surface area (Å²) in [6, 6.07) is 6.43. The first-order valence-corrected chi connectivity index (χ1v) is 8.11. The standard InChI is InChI=1S/C17H15ClF3N3O/c18-14-4-3-12(10-13(14)17(19,20)21)23-16(25)11-5-6-22-15(9-11)24-7-1-2-8-24/h3-6,9-10H,1-2,7-8H2,(H,23,25). The molecular formula is C17H15ClF3N3O. The van der Waals surface area contributed by atoms with Crippen LogP contribution in [0, 0.1) is 0 Å². The molecule has 0 radical (unpaired) electrons. The summed E-state index contributed by atoms with van der Waals surface area (Å²) in [5, 5.41) is 2.06. The number of benzene rings is 1. The lowest BCUT2D eigenvalue weighted by Gasteiger charge is -2.17. The van der Waals surface area contributed by atoms with E-state index in [2.05, 4.69) is 15.2 Å². The molecule has 0 atom stereocenters. The van der Waals surface area contributed by atoms with Gasteiger partial charge in [0.25, 0.3) is 5.91 Å². The van der Waals surface area contributed by atoms with E-state index in [1.54, 1.807) is 6.07 Å². The molecule has 0 spiro atoms. The van der Waals surface area contributed by atoms with Gasteiger partial charge in [-0.05, 0) is 43.2 Å². The molecule has 3 rings (SSSR count). The number of rotatable bonds is 3. The molecule has 1 amide bonds. The van der Waals surface area contributed by atoms with Crippen LogP contribution in [0.1, 0.15) is 28.8 Å². The van der Waals surface area contributed by atoms with Gasteiger partial charge in [-0.3, -0.25) is 4.79 Å². The molecule has 1 aliphatic rings. The van der Waals surface area contributed by atoms with E-state index in [4.69, 9.17) is 11.6 Å². The van der Waals surface area contributed by atoms with E-state index < -0.39 is 22.7 Å². The molecule has 8 heteroatoms. The van der Waals surface area contributed by atoms with Crippen molar-refractivity contribution in [3.63, 3.8) is 0 Å². The van der Waals surface area contributed by atoms with E-state index in [0.29, 0.717) is 11.4 Å². The molecule has 1 fully saturated rings. The fourth-order valence-corrected chi connectivity index (χ4v) is 2.93. The van der Waals surface area contributed by atoms with Crippen LogP contribution in [0.3, 0.4) is 0 Å². The third-order valence-electron chi connectivity index (χ3n) is 3.97. The quantitative estimate of drug-likeness (QED) is 0.859. The smallest absolute Gasteiger partial charge is 0.357 e. The van der Waals surface area contributed by atoms with Gasteiger partial charge in [-0.25, -0.2) is 4.98 Å². The summed E-state index contributed by atoms with van der Waals surface area (Å²) in [6.45, 7) is 1.76. The van der Waals surface area contributed by atoms with Gasteiger partial charge >= 0.3 is 6.18 Å². The van der Waals surface area contributed by atoms with E-state index in [1.165, 1.54) is 18.3 Å². The SMILES string of the molecule is O=C(Nc1ccc(Cl)c(C(F)(F)F)c1)c1ccnc(N2CCCC2)c1. The number of carbonyl (C=O) groups is 1. The average molecular weight is 370 g/mol. The second kappa shape index (κ2) is 6.92. The van der Waals surface area contributed by atoms with E-state index in [-0.39, 0.29) is 5.69 Å². The van der Waals surface area contributed by atoms with Crippen molar-refractivity contribution in [2.24, 2.45) is 0 Å². The van der Waals surface area contributed by atoms with Gasteiger partial charge in [0, 0.05) is 30.5 Å². The summed E-state index contributed by atoms with van der Waals surface area (Å²) in [7, 11) is 0. The maximum Gasteiger partial charge on any atom is 0.417 e. The number of halogens is 4. The topological polar surface area (TPSA) is 45.2 Å². The number of carbonyl (C=O) groups excluding carboxylic acids is 1. The Bertz CT molecular complexity index is 789. The molecule has 1 aliphatic heterocycles. The minimum Gasteiger partial charge on any atom is -0.357 e. The van der Waals surface area contributed by atoms with Gasteiger partial charge in [-0.15, -0.1) is 0 Å². The number of alkyl halides is 3. The highest BCUT2D eigenvalue weighted by Crippen LogP contribution is 2.36. The second-order valence-corrected chi connectivity index (χ2v) is 6.15. The second-order valence-electron chi connectivity index (χ2n) is 5.74. The lowest BCUT2D eigenvalue weighted by atomic mass is 10.1. The fraction of sp³-hybridized carbons (Fsp3) is 0.294. The third kappa shape index (κ3) is 4.04. The maximum atomic E-state index is 12.9. The summed E-state index contributed by atoms with van der Waals surface area (Å²) < 4.78 is 38.7. The van der Waals surface area contributed by atoms with Crippen molar-refractivity contribution in [2.45, 2.75) is 19.0 Å². The number of amides is 1. The van der Waals surface area contributed by atoms with Crippen molar-refractivity contribution in [3.8, 4) is 0 Å². The number of aromatic nitrogens is 1. The summed E-state index contributed by atoms with van der Waals surface area (Å²) in [5.41, 5.74) is -0.624. The van der Waals surface area contributed by atoms with Gasteiger partial charge < -0.3 is 10.2 Å². The van der Waals surface area contributed by atoms with E-state index in [9.17, 15) is 18.0 Å². The highest BCUT2D eigenvalue weighted by molar-refractivity contribution is 6.31. The minimum atomic E-state index is -4.59. The largest absolute Gasteiger partial charge is 0.417 e. The van der Waals surface area contributed by atoms with Crippen molar-refractivity contribution in [2.75, 3.05) is 23.3 Å². The predicted molar refractivity (Wildman–Crippen MR) is 90.1 cm³/mol. The van der Waals surface area contributed by atoms with E-state index in [1.807, 2.05) is 0 Å². The van der Waals surface area contributed by atoms with Crippen LogP contribution in [0.4, 0.5) is 24.7 Å². The Morgan fingerprint density at radius 3 is 2.56 bits per heavy atom. The number of pyridine rings is 1. The number of nitrogens with zero attached hydrogens (tertiary/aromatic N) is 2. The Balaban J connectivity index is 1.80. The van der Waals surface area contributed by atoms with Gasteiger partial charge in [0.1, 0.15) is 5.82 Å². The van der Waals surface area contributed by atoms with Gasteiger partial charge in [0.15, 0.2) is 0 Å². The van der Waals surface area contributed by atoms with E-state index >= 15 is 0 Å². The Morgan fingerprint density at radius 1 is 1.16 bits per heavy atom. The predicted octanol–water partition coefficient (Wildman–Crippen LogP) is 4.61. The summed E-state index contributed by atoms with van der Waals surface area (Å²) in [6.07, 6.45) is -0.921. The first-order valence-electron chi connectivity index (χ1n) is 7.74. The van der Waals surface area contributed by atoms with Crippen molar-refractivity contribution < 1.29 is 18.0 Å². The van der Waals surface area contributed by atoms with Crippen molar-refractivity contribution in [1.82, 2.24) is 4.98 Å². The zero-order chi connectivity index (χ0) is 18.0. The van der Waals surface area contributed by atoms with Crippen LogP contribution in [0.15, 0.2) is 36.5 Å². The number of anilines is 2. The van der Waals surface area contributed by atoms with Crippen LogP contribution >= 0.6 is 11.6 Å². The zero-order valence-electron chi connectivity index (χ0n) is 13.1. The number of hydrogen-bond acceptors (Lipinski definition) is 3. The van der Waals surface area contributed by atoms with Gasteiger partial charge in [0.2, 0.25) is 0 Å². The van der Waals surface area contributed by atoms with Crippen molar-refractivity contribution >= 4 is 29.0 Å². The molecular weight excluding hydrogens is 355 g/mol. The Kier molecular flexibility index (Phi) is 4.85. The molecule has 132 valence electrons. The first kappa shape index (κ1) is 17.5. The highest BCUT2D eigenvalue weighted by atomic mass is 35.5. The molecule has 1 aromatic heterocycles. The zero-order valence-corrected chi connectivity index (χ0v) is 13.9. The molecule has 0 unspecified atom stereocenters. The molecule has 1 aromatic carbocycles. The first-order chi connectivity index (χ1) is 11.8. The average Bonchev–Trinajstić information content (AvgIpc) is 3.10. The van der Waals surface area contributed by atoms with Crippen molar-refractivity contribution in [1.29, 1.82) is 0 Å². The highest BCUT2D eigenvalue weighted by Gasteiger charge is 2.33. The lowest BCUT2D eigenvalue weighted by Crippen LogP contribution is -2.20. The Morgan fingerprint density at radius 2 is 1.88 bits per heavy atom. The van der Waals surface area contributed by atoms with Gasteiger partial charge in [-0.2, -0.15) is 13.2 Å². The monoisotopic (exact) mass is 369 g/mol. The lowest BCUT2D eigenvalue weighted by molar-refractivity contribution is -0.137. The number of nitrogens with one attached hydrogen (secondary N) is 1. The molecule has 4 nitrogen and oxygen atoms in total. The summed E-state index contributed by atoms with van der Waals surface area (Å²) in [5.74, 6) is 0.190. The van der Waals surface area contributed by atoms with Gasteiger partial charge in [-0.1, -0.05) is 11.6 Å². The molecule has 0 aliphatic carbocycles. The maximum absolute atomic E-state index is 12.9. The molecule has 25 heavy (non-hydrogen) atoms. The fourth-order valence-electron chi connectivity index (χ4n) is 2.70. The molecule has 2 heterocycles. The van der Waals surface area contributed by atoms with Crippen LogP contribution in [0.5, 0.6) is 0 Å². The normalized spacial score (nSPS) is 14.6. The Labute approximate surface area is 147 Å². The summed E-state index contributed by atoms with van der Waals surface area (Å²) >= 11 is 5.58. The Hall–Kier alpha value is -2.28. The van der Waals surface area contributed by atoms with Crippen LogP contribution in [-0.4, -0.2) is 24.0 Å². The van der Waals surface area contributed by atoms with Gasteiger partial charge in [0.05, 0.1) is 10.6 Å². The van der Waals surface area contributed by atoms with Crippen LogP contribution in [0.2, 0.25) is 5.02 Å². The molecule has 0 bridgehead atoms. The third-order valence-corrected chi connectivity index (χ3v) is 4.30. The molecule has 1 saturated heterocycles. The number of hydrogen-bond donors (Lipinski definition) is 1. The van der Waals surface area contributed by atoms with Crippen LogP contribution in [0.25, 0.3) is 0 Å². The molecule has 0 saturated carbocycles. The van der Waals surface area contributed by atoms with Crippen molar-refractivity contribution in [3.05, 3.63) is 52.7 Å². The van der Waals surface area contributed by atoms with E-state index in [0.717, 1.165) is 38.1 Å². The van der Waals surface area contributed by atoms with Crippen LogP contribution < -0.4 is 10.2 Å². The minimum absolute atomic E-state index is 0.0289. The molecule has 1 N–H and O–H groups in total. The molecule has 2 aromatic rings. The van der Waals surface area contributed by atoms with Crippen LogP contribution in [-0.2, 0) is 6.18 Å².